The van der Waals surface area contributed by atoms with Crippen LogP contribution in [0.25, 0.3) is 0 Å². The van der Waals surface area contributed by atoms with Gasteiger partial charge in [0.25, 0.3) is 17.4 Å². The van der Waals surface area contributed by atoms with Crippen LogP contribution in [0.5, 0.6) is 5.75 Å². The van der Waals surface area contributed by atoms with Crippen molar-refractivity contribution in [3.05, 3.63) is 52.7 Å². The fourth-order valence-corrected chi connectivity index (χ4v) is 5.29. The maximum Gasteiger partial charge on any atom is 0.430 e. The summed E-state index contributed by atoms with van der Waals surface area (Å²) < 4.78 is 46.7. The van der Waals surface area contributed by atoms with E-state index < -0.39 is 29.3 Å². The molecule has 1 aliphatic carbocycles. The van der Waals surface area contributed by atoms with Crippen LogP contribution >= 0.6 is 11.6 Å². The largest absolute Gasteiger partial charge is 0.497 e. The predicted molar refractivity (Wildman–Crippen MR) is 140 cm³/mol. The summed E-state index contributed by atoms with van der Waals surface area (Å²) in [6.07, 6.45) is -2.17. The molecule has 2 heterocycles. The molecule has 1 aliphatic heterocycles. The minimum Gasteiger partial charge on any atom is -0.497 e. The summed E-state index contributed by atoms with van der Waals surface area (Å²) in [4.78, 5) is 32.9. The van der Waals surface area contributed by atoms with Crippen molar-refractivity contribution < 1.29 is 32.6 Å². The van der Waals surface area contributed by atoms with Crippen LogP contribution in [-0.2, 0) is 10.4 Å². The molecule has 2 aromatic rings. The number of aromatic nitrogens is 1. The van der Waals surface area contributed by atoms with E-state index in [1.54, 1.807) is 26.2 Å². The standard InChI is InChI=1S/C27H32ClF3N4O4/c1-34(2)24(36)20-7-8-22(33-23(20)28)35-11-9-16(10-12-35)13-17-14-21(17)32-25(37)26(38,27(29,30)31)18-5-4-6-19(15-18)39-3/h4-8,15-17,21,38H,9-14H2,1-3H3,(H,32,37)/t17-,21?,26?/m0/s1. The first kappa shape index (κ1) is 28.9. The third kappa shape index (κ3) is 6.09. The first-order valence-corrected chi connectivity index (χ1v) is 13.1. The minimum atomic E-state index is -5.21. The van der Waals surface area contributed by atoms with E-state index in [1.807, 2.05) is 0 Å². The highest BCUT2D eigenvalue weighted by molar-refractivity contribution is 6.32. The fraction of sp³-hybridized carbons (Fsp3) is 0.519. The van der Waals surface area contributed by atoms with Crippen molar-refractivity contribution >= 4 is 29.2 Å². The molecular formula is C27H32ClF3N4O4. The second-order valence-corrected chi connectivity index (χ2v) is 10.7. The number of benzene rings is 1. The van der Waals surface area contributed by atoms with Crippen LogP contribution in [0.4, 0.5) is 19.0 Å². The molecule has 2 aliphatic rings. The monoisotopic (exact) mass is 568 g/mol. The van der Waals surface area contributed by atoms with Gasteiger partial charge in [-0.1, -0.05) is 23.7 Å². The highest BCUT2D eigenvalue weighted by Gasteiger charge is 2.62. The SMILES string of the molecule is COc1cccc(C(O)(C(=O)NC2C[C@@H]2CC2CCN(c3ccc(C(=O)N(C)C)c(Cl)n3)CC2)C(F)(F)F)c1. The average molecular weight is 569 g/mol. The number of nitrogens with one attached hydrogen (secondary N) is 1. The number of rotatable bonds is 8. The van der Waals surface area contributed by atoms with Gasteiger partial charge in [-0.3, -0.25) is 9.59 Å². The molecule has 1 aromatic carbocycles. The first-order chi connectivity index (χ1) is 18.3. The molecule has 4 rings (SSSR count). The predicted octanol–water partition coefficient (Wildman–Crippen LogP) is 4.01. The third-order valence-electron chi connectivity index (χ3n) is 7.51. The van der Waals surface area contributed by atoms with Gasteiger partial charge in [-0.15, -0.1) is 0 Å². The van der Waals surface area contributed by atoms with Gasteiger partial charge in [-0.2, -0.15) is 13.2 Å². The average Bonchev–Trinajstić information content (AvgIpc) is 3.63. The number of aliphatic hydroxyl groups is 1. The Bertz CT molecular complexity index is 1220. The number of hydrogen-bond acceptors (Lipinski definition) is 6. The molecule has 12 heteroatoms. The van der Waals surface area contributed by atoms with E-state index in [2.05, 4.69) is 15.2 Å². The lowest BCUT2D eigenvalue weighted by atomic mass is 9.90. The number of amides is 2. The second kappa shape index (κ2) is 11.2. The molecular weight excluding hydrogens is 537 g/mol. The van der Waals surface area contributed by atoms with Crippen molar-refractivity contribution in [3.8, 4) is 5.75 Å². The number of methoxy groups -OCH3 is 1. The summed E-state index contributed by atoms with van der Waals surface area (Å²) in [5.74, 6) is -0.510. The van der Waals surface area contributed by atoms with E-state index in [-0.39, 0.29) is 22.7 Å². The molecule has 2 fully saturated rings. The first-order valence-electron chi connectivity index (χ1n) is 12.7. The van der Waals surface area contributed by atoms with Crippen LogP contribution in [0.15, 0.2) is 36.4 Å². The highest BCUT2D eigenvalue weighted by atomic mass is 35.5. The van der Waals surface area contributed by atoms with Crippen molar-refractivity contribution in [3.63, 3.8) is 0 Å². The van der Waals surface area contributed by atoms with Crippen LogP contribution < -0.4 is 15.0 Å². The second-order valence-electron chi connectivity index (χ2n) is 10.4. The number of anilines is 1. The summed E-state index contributed by atoms with van der Waals surface area (Å²) in [5, 5.41) is 13.2. The van der Waals surface area contributed by atoms with Crippen molar-refractivity contribution in [1.82, 2.24) is 15.2 Å². The Kier molecular flexibility index (Phi) is 8.32. The van der Waals surface area contributed by atoms with Gasteiger partial charge in [0.1, 0.15) is 16.7 Å². The summed E-state index contributed by atoms with van der Waals surface area (Å²) in [6.45, 7) is 1.45. The molecule has 1 aromatic heterocycles. The Labute approximate surface area is 230 Å². The quantitative estimate of drug-likeness (QED) is 0.467. The fourth-order valence-electron chi connectivity index (χ4n) is 5.06. The molecule has 212 valence electrons. The molecule has 8 nitrogen and oxygen atoms in total. The molecule has 3 atom stereocenters. The van der Waals surface area contributed by atoms with E-state index >= 15 is 0 Å². The normalized spacial score (nSPS) is 21.2. The smallest absolute Gasteiger partial charge is 0.430 e. The van der Waals surface area contributed by atoms with Crippen LogP contribution in [0.1, 0.15) is 41.6 Å². The molecule has 0 bridgehead atoms. The van der Waals surface area contributed by atoms with Crippen molar-refractivity contribution in [2.75, 3.05) is 39.2 Å². The van der Waals surface area contributed by atoms with E-state index in [0.717, 1.165) is 44.5 Å². The molecule has 1 saturated carbocycles. The molecule has 2 amide bonds. The van der Waals surface area contributed by atoms with Gasteiger partial charge >= 0.3 is 6.18 Å². The number of alkyl halides is 3. The maximum atomic E-state index is 13.9. The van der Waals surface area contributed by atoms with E-state index in [1.165, 1.54) is 24.1 Å². The zero-order chi connectivity index (χ0) is 28.5. The number of halogens is 4. The van der Waals surface area contributed by atoms with Gasteiger partial charge < -0.3 is 25.0 Å². The molecule has 2 N–H and O–H groups in total. The zero-order valence-electron chi connectivity index (χ0n) is 22.0. The Hall–Kier alpha value is -3.05. The lowest BCUT2D eigenvalue weighted by Crippen LogP contribution is -2.55. The van der Waals surface area contributed by atoms with Gasteiger partial charge in [0.05, 0.1) is 12.7 Å². The number of hydrogen-bond donors (Lipinski definition) is 2. The molecule has 39 heavy (non-hydrogen) atoms. The Morgan fingerprint density at radius 3 is 2.49 bits per heavy atom. The molecule has 0 radical (unpaired) electrons. The highest BCUT2D eigenvalue weighted by Crippen LogP contribution is 2.43. The van der Waals surface area contributed by atoms with Crippen molar-refractivity contribution in [2.24, 2.45) is 11.8 Å². The van der Waals surface area contributed by atoms with Gasteiger partial charge in [0.15, 0.2) is 0 Å². The van der Waals surface area contributed by atoms with Crippen molar-refractivity contribution in [2.45, 2.75) is 43.5 Å². The Morgan fingerprint density at radius 2 is 1.90 bits per heavy atom. The van der Waals surface area contributed by atoms with Crippen LogP contribution in [-0.4, -0.2) is 73.3 Å². The van der Waals surface area contributed by atoms with E-state index in [4.69, 9.17) is 16.3 Å². The zero-order valence-corrected chi connectivity index (χ0v) is 22.7. The molecule has 1 saturated heterocycles. The summed E-state index contributed by atoms with van der Waals surface area (Å²) in [7, 11) is 4.58. The number of nitrogens with zero attached hydrogens (tertiary/aromatic N) is 3. The van der Waals surface area contributed by atoms with Crippen molar-refractivity contribution in [1.29, 1.82) is 0 Å². The summed E-state index contributed by atoms with van der Waals surface area (Å²) >= 11 is 6.25. The minimum absolute atomic E-state index is 0.0530. The number of carbonyl (C=O) groups excluding carboxylic acids is 2. The maximum absolute atomic E-state index is 13.9. The molecule has 2 unspecified atom stereocenters. The summed E-state index contributed by atoms with van der Waals surface area (Å²) in [5.41, 5.74) is -3.93. The summed E-state index contributed by atoms with van der Waals surface area (Å²) in [6, 6.07) is 7.84. The van der Waals surface area contributed by atoms with Crippen LogP contribution in [0.3, 0.4) is 0 Å². The van der Waals surface area contributed by atoms with E-state index in [0.29, 0.717) is 23.7 Å². The molecule has 0 spiro atoms. The number of piperidine rings is 1. The third-order valence-corrected chi connectivity index (χ3v) is 7.80. The Balaban J connectivity index is 1.31. The lowest BCUT2D eigenvalue weighted by molar-refractivity contribution is -0.257. The van der Waals surface area contributed by atoms with Gasteiger partial charge in [0.2, 0.25) is 0 Å². The topological polar surface area (TPSA) is 95.0 Å². The number of carbonyl (C=O) groups is 2. The number of pyridine rings is 1. The van der Waals surface area contributed by atoms with E-state index in [9.17, 15) is 27.9 Å². The lowest BCUT2D eigenvalue weighted by Gasteiger charge is -2.33. The van der Waals surface area contributed by atoms with Gasteiger partial charge in [-0.05, 0) is 61.8 Å². The Morgan fingerprint density at radius 1 is 1.21 bits per heavy atom. The van der Waals surface area contributed by atoms with Gasteiger partial charge in [-0.25, -0.2) is 4.98 Å². The van der Waals surface area contributed by atoms with Crippen LogP contribution in [0, 0.1) is 11.8 Å². The van der Waals surface area contributed by atoms with Crippen LogP contribution in [0.2, 0.25) is 5.15 Å². The number of ether oxygens (including phenoxy) is 1. The van der Waals surface area contributed by atoms with Gasteiger partial charge in [0, 0.05) is 38.8 Å².